The number of carboxylic acid groups (broad SMARTS) is 1. The summed E-state index contributed by atoms with van der Waals surface area (Å²) in [5.41, 5.74) is 4.02. The Hall–Kier alpha value is -2.30. The van der Waals surface area contributed by atoms with E-state index in [1.165, 1.54) is 47.7 Å². The molecule has 2 N–H and O–H groups in total. The van der Waals surface area contributed by atoms with E-state index < -0.39 is 5.97 Å². The first-order valence-corrected chi connectivity index (χ1v) is 12.8. The highest BCUT2D eigenvalue weighted by atomic mass is 16.4. The number of aromatic nitrogens is 1. The SMILES string of the molecule is O=C(O)C1CCCC2C1CCCN2C(=O)C1CC1c1c[nH]c2cccc(C3CCCC3)c12. The Morgan fingerprint density at radius 2 is 1.78 bits per heavy atom. The predicted molar refractivity (Wildman–Crippen MR) is 124 cm³/mol. The van der Waals surface area contributed by atoms with Crippen molar-refractivity contribution in [2.45, 2.75) is 82.1 Å². The third-order valence-electron chi connectivity index (χ3n) is 9.03. The fourth-order valence-corrected chi connectivity index (χ4v) is 7.40. The molecule has 3 aliphatic carbocycles. The molecule has 1 aliphatic heterocycles. The van der Waals surface area contributed by atoms with Crippen LogP contribution in [0.1, 0.15) is 87.2 Å². The van der Waals surface area contributed by atoms with E-state index in [9.17, 15) is 14.7 Å². The minimum absolute atomic E-state index is 0.0644. The largest absolute Gasteiger partial charge is 0.481 e. The van der Waals surface area contributed by atoms with Gasteiger partial charge < -0.3 is 15.0 Å². The number of carbonyl (C=O) groups is 2. The van der Waals surface area contributed by atoms with E-state index in [2.05, 4.69) is 34.3 Å². The molecular weight excluding hydrogens is 400 g/mol. The van der Waals surface area contributed by atoms with Gasteiger partial charge in [-0.2, -0.15) is 0 Å². The van der Waals surface area contributed by atoms with Crippen molar-refractivity contribution in [3.05, 3.63) is 35.5 Å². The van der Waals surface area contributed by atoms with E-state index in [1.807, 2.05) is 0 Å². The van der Waals surface area contributed by atoms with Gasteiger partial charge >= 0.3 is 5.97 Å². The third kappa shape index (κ3) is 3.27. The lowest BCUT2D eigenvalue weighted by Gasteiger charge is -2.46. The van der Waals surface area contributed by atoms with E-state index >= 15 is 0 Å². The zero-order chi connectivity index (χ0) is 21.8. The third-order valence-corrected chi connectivity index (χ3v) is 9.03. The van der Waals surface area contributed by atoms with E-state index in [4.69, 9.17) is 0 Å². The second-order valence-corrected chi connectivity index (χ2v) is 10.7. The molecule has 5 heteroatoms. The van der Waals surface area contributed by atoms with Crippen LogP contribution in [0, 0.1) is 17.8 Å². The average Bonchev–Trinajstić information content (AvgIpc) is 3.21. The molecule has 4 aliphatic rings. The van der Waals surface area contributed by atoms with Crippen molar-refractivity contribution in [1.82, 2.24) is 9.88 Å². The van der Waals surface area contributed by atoms with Crippen LogP contribution in [0.5, 0.6) is 0 Å². The number of nitrogens with zero attached hydrogens (tertiary/aromatic N) is 1. The number of nitrogens with one attached hydrogen (secondary N) is 1. The number of hydrogen-bond donors (Lipinski definition) is 2. The van der Waals surface area contributed by atoms with E-state index in [-0.39, 0.29) is 29.7 Å². The molecule has 170 valence electrons. The number of aliphatic carboxylic acids is 1. The first-order valence-electron chi connectivity index (χ1n) is 12.8. The van der Waals surface area contributed by atoms with Gasteiger partial charge in [-0.15, -0.1) is 0 Å². The van der Waals surface area contributed by atoms with Crippen molar-refractivity contribution in [3.8, 4) is 0 Å². The summed E-state index contributed by atoms with van der Waals surface area (Å²) in [4.78, 5) is 31.0. The molecule has 6 rings (SSSR count). The first-order chi connectivity index (χ1) is 15.6. The molecule has 5 unspecified atom stereocenters. The van der Waals surface area contributed by atoms with Crippen molar-refractivity contribution in [2.75, 3.05) is 6.54 Å². The minimum Gasteiger partial charge on any atom is -0.481 e. The molecule has 1 amide bonds. The number of benzene rings is 1. The Bertz CT molecular complexity index is 1040. The van der Waals surface area contributed by atoms with Gasteiger partial charge in [0.25, 0.3) is 0 Å². The van der Waals surface area contributed by atoms with Gasteiger partial charge in [0, 0.05) is 35.6 Å². The summed E-state index contributed by atoms with van der Waals surface area (Å²) in [5, 5.41) is 11.1. The highest BCUT2D eigenvalue weighted by Gasteiger charge is 2.51. The molecule has 4 fully saturated rings. The number of piperidine rings is 1. The number of likely N-dealkylation sites (tertiary alicyclic amines) is 1. The van der Waals surface area contributed by atoms with Crippen LogP contribution in [0.2, 0.25) is 0 Å². The zero-order valence-electron chi connectivity index (χ0n) is 18.8. The van der Waals surface area contributed by atoms with Crippen LogP contribution in [0.25, 0.3) is 10.9 Å². The fourth-order valence-electron chi connectivity index (χ4n) is 7.40. The lowest BCUT2D eigenvalue weighted by molar-refractivity contribution is -0.152. The summed E-state index contributed by atoms with van der Waals surface area (Å²) in [6, 6.07) is 6.77. The molecule has 2 aromatic rings. The summed E-state index contributed by atoms with van der Waals surface area (Å²) in [5.74, 6) is 0.493. The lowest BCUT2D eigenvalue weighted by atomic mass is 9.71. The Morgan fingerprint density at radius 1 is 0.938 bits per heavy atom. The number of H-pyrrole nitrogens is 1. The Kier molecular flexibility index (Phi) is 5.03. The van der Waals surface area contributed by atoms with Gasteiger partial charge in [0.1, 0.15) is 0 Å². The van der Waals surface area contributed by atoms with Crippen molar-refractivity contribution in [1.29, 1.82) is 0 Å². The molecule has 5 nitrogen and oxygen atoms in total. The maximum Gasteiger partial charge on any atom is 0.306 e. The molecule has 32 heavy (non-hydrogen) atoms. The topological polar surface area (TPSA) is 73.4 Å². The van der Waals surface area contributed by atoms with Gasteiger partial charge in [-0.1, -0.05) is 31.4 Å². The maximum absolute atomic E-state index is 13.6. The predicted octanol–water partition coefficient (Wildman–Crippen LogP) is 5.42. The maximum atomic E-state index is 13.6. The van der Waals surface area contributed by atoms with Crippen molar-refractivity contribution in [2.24, 2.45) is 17.8 Å². The molecule has 0 bridgehead atoms. The monoisotopic (exact) mass is 434 g/mol. The smallest absolute Gasteiger partial charge is 0.306 e. The van der Waals surface area contributed by atoms with E-state index in [0.29, 0.717) is 11.8 Å². The van der Waals surface area contributed by atoms with Crippen molar-refractivity contribution in [3.63, 3.8) is 0 Å². The number of aromatic amines is 1. The first kappa shape index (κ1) is 20.3. The van der Waals surface area contributed by atoms with Gasteiger partial charge in [0.15, 0.2) is 0 Å². The minimum atomic E-state index is -0.670. The van der Waals surface area contributed by atoms with Gasteiger partial charge in [-0.05, 0) is 79.9 Å². The molecule has 1 aromatic carbocycles. The van der Waals surface area contributed by atoms with Crippen LogP contribution < -0.4 is 0 Å². The number of fused-ring (bicyclic) bond motifs is 2. The summed E-state index contributed by atoms with van der Waals surface area (Å²) in [6.07, 6.45) is 12.8. The number of rotatable bonds is 4. The summed E-state index contributed by atoms with van der Waals surface area (Å²) in [6.45, 7) is 0.802. The normalized spacial score (nSPS) is 32.8. The van der Waals surface area contributed by atoms with Crippen LogP contribution in [-0.4, -0.2) is 39.5 Å². The van der Waals surface area contributed by atoms with Gasteiger partial charge in [-0.3, -0.25) is 9.59 Å². The van der Waals surface area contributed by atoms with Gasteiger partial charge in [-0.25, -0.2) is 0 Å². The van der Waals surface area contributed by atoms with Crippen LogP contribution in [0.3, 0.4) is 0 Å². The Morgan fingerprint density at radius 3 is 2.59 bits per heavy atom. The Balaban J connectivity index is 1.24. The van der Waals surface area contributed by atoms with Crippen molar-refractivity contribution < 1.29 is 14.7 Å². The molecule has 2 heterocycles. The van der Waals surface area contributed by atoms with E-state index in [0.717, 1.165) is 45.1 Å². The second-order valence-electron chi connectivity index (χ2n) is 10.7. The number of carbonyl (C=O) groups excluding carboxylic acids is 1. The van der Waals surface area contributed by atoms with Gasteiger partial charge in [0.05, 0.1) is 5.92 Å². The highest BCUT2D eigenvalue weighted by molar-refractivity contribution is 5.91. The quantitative estimate of drug-likeness (QED) is 0.675. The zero-order valence-corrected chi connectivity index (χ0v) is 18.8. The average molecular weight is 435 g/mol. The standard InChI is InChI=1S/C27H34N2O3/c30-26(29-13-5-10-18-19(27(31)32)9-4-12-24(18)29)21-14-20(21)22-15-28-23-11-3-8-17(25(22)23)16-6-1-2-7-16/h3,8,11,15-16,18-21,24,28H,1-2,4-7,9-10,12-14H2,(H,31,32). The summed E-state index contributed by atoms with van der Waals surface area (Å²) in [7, 11) is 0. The fraction of sp³-hybridized carbons (Fsp3) is 0.630. The molecule has 5 atom stereocenters. The number of hydrogen-bond acceptors (Lipinski definition) is 2. The number of amides is 1. The molecule has 0 spiro atoms. The van der Waals surface area contributed by atoms with Crippen molar-refractivity contribution >= 4 is 22.8 Å². The Labute approximate surface area is 189 Å². The van der Waals surface area contributed by atoms with Crippen LogP contribution in [0.4, 0.5) is 0 Å². The molecular formula is C27H34N2O3. The van der Waals surface area contributed by atoms with Crippen LogP contribution in [-0.2, 0) is 9.59 Å². The van der Waals surface area contributed by atoms with E-state index in [1.54, 1.807) is 0 Å². The van der Waals surface area contributed by atoms with Gasteiger partial charge in [0.2, 0.25) is 5.91 Å². The lowest BCUT2D eigenvalue weighted by Crippen LogP contribution is -2.53. The summed E-state index contributed by atoms with van der Waals surface area (Å²) < 4.78 is 0. The highest BCUT2D eigenvalue weighted by Crippen LogP contribution is 2.53. The number of carboxylic acids is 1. The molecule has 0 radical (unpaired) electrons. The van der Waals surface area contributed by atoms with Crippen LogP contribution >= 0.6 is 0 Å². The molecule has 1 saturated heterocycles. The molecule has 3 saturated carbocycles. The van der Waals surface area contributed by atoms with Crippen LogP contribution in [0.15, 0.2) is 24.4 Å². The molecule has 1 aromatic heterocycles. The second kappa shape index (κ2) is 7.93. The summed E-state index contributed by atoms with van der Waals surface area (Å²) >= 11 is 0.